The van der Waals surface area contributed by atoms with Crippen LogP contribution in [0.2, 0.25) is 0 Å². The molecule has 0 fully saturated rings. The number of aryl methyl sites for hydroxylation is 1. The molecule has 7 nitrogen and oxygen atoms in total. The molecule has 1 aromatic carbocycles. The SMILES string of the molecule is COc1ccc(-c2nnc(SC(C)C(=O)O)[nH]c2=O)cc1C. The average molecular weight is 321 g/mol. The van der Waals surface area contributed by atoms with E-state index in [1.807, 2.05) is 6.92 Å². The molecule has 2 rings (SSSR count). The summed E-state index contributed by atoms with van der Waals surface area (Å²) in [5.41, 5.74) is 1.26. The van der Waals surface area contributed by atoms with E-state index in [0.717, 1.165) is 23.1 Å². The lowest BCUT2D eigenvalue weighted by Gasteiger charge is -2.07. The molecular weight excluding hydrogens is 306 g/mol. The molecule has 0 aliphatic rings. The summed E-state index contributed by atoms with van der Waals surface area (Å²) >= 11 is 0.930. The number of rotatable bonds is 5. The number of benzene rings is 1. The first-order valence-electron chi connectivity index (χ1n) is 6.44. The summed E-state index contributed by atoms with van der Waals surface area (Å²) in [6, 6.07) is 5.25. The van der Waals surface area contributed by atoms with Gasteiger partial charge in [-0.15, -0.1) is 10.2 Å². The third-order valence-electron chi connectivity index (χ3n) is 2.98. The number of nitrogens with one attached hydrogen (secondary N) is 1. The lowest BCUT2D eigenvalue weighted by Crippen LogP contribution is -2.17. The number of methoxy groups -OCH3 is 1. The first kappa shape index (κ1) is 16.0. The number of H-pyrrole nitrogens is 1. The van der Waals surface area contributed by atoms with Gasteiger partial charge in [-0.2, -0.15) is 0 Å². The molecule has 1 aromatic heterocycles. The third-order valence-corrected chi connectivity index (χ3v) is 3.94. The summed E-state index contributed by atoms with van der Waals surface area (Å²) in [5, 5.41) is 16.1. The molecule has 0 saturated heterocycles. The number of aromatic amines is 1. The van der Waals surface area contributed by atoms with Crippen LogP contribution in [-0.2, 0) is 4.79 Å². The van der Waals surface area contributed by atoms with Gasteiger partial charge >= 0.3 is 5.97 Å². The largest absolute Gasteiger partial charge is 0.496 e. The van der Waals surface area contributed by atoms with E-state index in [2.05, 4.69) is 15.2 Å². The van der Waals surface area contributed by atoms with Crippen LogP contribution in [0.15, 0.2) is 28.2 Å². The Morgan fingerprint density at radius 3 is 2.68 bits per heavy atom. The number of nitrogens with zero attached hydrogens (tertiary/aromatic N) is 2. The third kappa shape index (κ3) is 3.45. The molecule has 2 aromatic rings. The van der Waals surface area contributed by atoms with E-state index in [1.165, 1.54) is 6.92 Å². The Balaban J connectivity index is 2.32. The van der Waals surface area contributed by atoms with E-state index in [4.69, 9.17) is 9.84 Å². The van der Waals surface area contributed by atoms with Crippen molar-refractivity contribution in [1.29, 1.82) is 0 Å². The maximum atomic E-state index is 12.1. The van der Waals surface area contributed by atoms with Gasteiger partial charge in [0, 0.05) is 5.56 Å². The lowest BCUT2D eigenvalue weighted by atomic mass is 10.1. The Labute approximate surface area is 130 Å². The summed E-state index contributed by atoms with van der Waals surface area (Å²) < 4.78 is 5.17. The van der Waals surface area contributed by atoms with E-state index in [9.17, 15) is 9.59 Å². The van der Waals surface area contributed by atoms with Gasteiger partial charge < -0.3 is 9.84 Å². The first-order valence-corrected chi connectivity index (χ1v) is 7.31. The highest BCUT2D eigenvalue weighted by atomic mass is 32.2. The van der Waals surface area contributed by atoms with Crippen LogP contribution in [0.25, 0.3) is 11.3 Å². The van der Waals surface area contributed by atoms with Crippen LogP contribution in [0.3, 0.4) is 0 Å². The highest BCUT2D eigenvalue weighted by molar-refractivity contribution is 8.00. The van der Waals surface area contributed by atoms with Gasteiger partial charge in [0.1, 0.15) is 11.0 Å². The lowest BCUT2D eigenvalue weighted by molar-refractivity contribution is -0.136. The van der Waals surface area contributed by atoms with Crippen molar-refractivity contribution in [3.8, 4) is 17.0 Å². The predicted molar refractivity (Wildman–Crippen MR) is 82.3 cm³/mol. The molecule has 0 spiro atoms. The van der Waals surface area contributed by atoms with Crippen molar-refractivity contribution in [3.63, 3.8) is 0 Å². The van der Waals surface area contributed by atoms with Crippen LogP contribution in [0, 0.1) is 6.92 Å². The molecule has 2 N–H and O–H groups in total. The van der Waals surface area contributed by atoms with Crippen molar-refractivity contribution in [3.05, 3.63) is 34.1 Å². The van der Waals surface area contributed by atoms with Gasteiger partial charge in [-0.1, -0.05) is 11.8 Å². The van der Waals surface area contributed by atoms with Crippen molar-refractivity contribution in [2.24, 2.45) is 0 Å². The van der Waals surface area contributed by atoms with Gasteiger partial charge in [-0.3, -0.25) is 14.6 Å². The molecule has 0 saturated carbocycles. The Hall–Kier alpha value is -2.35. The molecule has 22 heavy (non-hydrogen) atoms. The summed E-state index contributed by atoms with van der Waals surface area (Å²) in [5.74, 6) is -0.266. The monoisotopic (exact) mass is 321 g/mol. The molecule has 1 unspecified atom stereocenters. The van der Waals surface area contributed by atoms with E-state index < -0.39 is 16.8 Å². The van der Waals surface area contributed by atoms with Gasteiger partial charge in [0.2, 0.25) is 0 Å². The maximum absolute atomic E-state index is 12.1. The van der Waals surface area contributed by atoms with Crippen LogP contribution in [-0.4, -0.2) is 38.6 Å². The number of aromatic nitrogens is 3. The summed E-state index contributed by atoms with van der Waals surface area (Å²) in [6.07, 6.45) is 0. The molecule has 1 atom stereocenters. The van der Waals surface area contributed by atoms with E-state index in [1.54, 1.807) is 25.3 Å². The normalized spacial score (nSPS) is 12.0. The summed E-state index contributed by atoms with van der Waals surface area (Å²) in [7, 11) is 1.57. The van der Waals surface area contributed by atoms with Gasteiger partial charge in [0.05, 0.1) is 7.11 Å². The Morgan fingerprint density at radius 2 is 2.14 bits per heavy atom. The number of aliphatic carboxylic acids is 1. The Kier molecular flexibility index (Phi) is 4.81. The molecule has 0 bridgehead atoms. The van der Waals surface area contributed by atoms with Crippen LogP contribution in [0.5, 0.6) is 5.75 Å². The molecular formula is C14H15N3O4S. The number of thioether (sulfide) groups is 1. The second-order valence-corrected chi connectivity index (χ2v) is 5.92. The van der Waals surface area contributed by atoms with Crippen molar-refractivity contribution in [1.82, 2.24) is 15.2 Å². The number of carboxylic acids is 1. The highest BCUT2D eigenvalue weighted by Crippen LogP contribution is 2.23. The zero-order valence-corrected chi connectivity index (χ0v) is 13.1. The van der Waals surface area contributed by atoms with Crippen LogP contribution in [0.1, 0.15) is 12.5 Å². The van der Waals surface area contributed by atoms with E-state index in [-0.39, 0.29) is 10.9 Å². The van der Waals surface area contributed by atoms with Crippen molar-refractivity contribution < 1.29 is 14.6 Å². The molecule has 1 heterocycles. The highest BCUT2D eigenvalue weighted by Gasteiger charge is 2.16. The van der Waals surface area contributed by atoms with E-state index in [0.29, 0.717) is 5.56 Å². The second kappa shape index (κ2) is 6.61. The standard InChI is InChI=1S/C14H15N3O4S/c1-7-6-9(4-5-10(7)21-3)11-12(18)15-14(17-16-11)22-8(2)13(19)20/h4-6,8H,1-3H3,(H,19,20)(H,15,17,18). The van der Waals surface area contributed by atoms with Crippen molar-refractivity contribution in [2.75, 3.05) is 7.11 Å². The number of carboxylic acid groups (broad SMARTS) is 1. The zero-order chi connectivity index (χ0) is 16.3. The van der Waals surface area contributed by atoms with Crippen molar-refractivity contribution in [2.45, 2.75) is 24.3 Å². The molecule has 116 valence electrons. The second-order valence-electron chi connectivity index (χ2n) is 4.59. The van der Waals surface area contributed by atoms with Gasteiger partial charge in [0.15, 0.2) is 10.9 Å². The van der Waals surface area contributed by atoms with E-state index >= 15 is 0 Å². The molecule has 8 heteroatoms. The maximum Gasteiger partial charge on any atom is 0.316 e. The fourth-order valence-electron chi connectivity index (χ4n) is 1.81. The van der Waals surface area contributed by atoms with Crippen LogP contribution in [0.4, 0.5) is 0 Å². The quantitative estimate of drug-likeness (QED) is 0.808. The number of carbonyl (C=O) groups is 1. The van der Waals surface area contributed by atoms with Crippen LogP contribution >= 0.6 is 11.8 Å². The first-order chi connectivity index (χ1) is 10.4. The number of hydrogen-bond acceptors (Lipinski definition) is 6. The topological polar surface area (TPSA) is 105 Å². The summed E-state index contributed by atoms with van der Waals surface area (Å²) in [4.78, 5) is 25.5. The molecule has 0 aliphatic heterocycles. The minimum Gasteiger partial charge on any atom is -0.496 e. The zero-order valence-electron chi connectivity index (χ0n) is 12.3. The average Bonchev–Trinajstić information content (AvgIpc) is 2.47. The van der Waals surface area contributed by atoms with Gasteiger partial charge in [0.25, 0.3) is 5.56 Å². The van der Waals surface area contributed by atoms with Gasteiger partial charge in [-0.25, -0.2) is 0 Å². The minimum atomic E-state index is -0.984. The molecule has 0 amide bonds. The molecule has 0 aliphatic carbocycles. The summed E-state index contributed by atoms with van der Waals surface area (Å²) in [6.45, 7) is 3.37. The Bertz CT molecular complexity index is 760. The predicted octanol–water partition coefficient (Wildman–Crippen LogP) is 1.71. The fourth-order valence-corrected chi connectivity index (χ4v) is 2.48. The molecule has 0 radical (unpaired) electrons. The fraction of sp³-hybridized carbons (Fsp3) is 0.286. The Morgan fingerprint density at radius 1 is 1.41 bits per heavy atom. The van der Waals surface area contributed by atoms with Crippen molar-refractivity contribution >= 4 is 17.7 Å². The number of hydrogen-bond donors (Lipinski definition) is 2. The van der Waals surface area contributed by atoms with Crippen LogP contribution < -0.4 is 10.3 Å². The minimum absolute atomic E-state index is 0.175. The van der Waals surface area contributed by atoms with Gasteiger partial charge in [-0.05, 0) is 37.6 Å². The smallest absolute Gasteiger partial charge is 0.316 e. The number of ether oxygens (including phenoxy) is 1.